The lowest BCUT2D eigenvalue weighted by atomic mass is 9.83. The number of anilines is 1. The molecule has 1 aliphatic heterocycles. The topological polar surface area (TPSA) is 55.6 Å². The van der Waals surface area contributed by atoms with Crippen molar-refractivity contribution in [3.8, 4) is 0 Å². The number of hydrogen-bond acceptors (Lipinski definition) is 4. The summed E-state index contributed by atoms with van der Waals surface area (Å²) in [6.45, 7) is 0.793. The van der Waals surface area contributed by atoms with E-state index in [0.717, 1.165) is 31.5 Å². The van der Waals surface area contributed by atoms with Crippen molar-refractivity contribution in [3.63, 3.8) is 0 Å². The molecule has 7 heteroatoms. The van der Waals surface area contributed by atoms with Crippen LogP contribution in [-0.4, -0.2) is 31.5 Å². The largest absolute Gasteiger partial charge is 0.490 e. The molecule has 3 rings (SSSR count). The van der Waals surface area contributed by atoms with Gasteiger partial charge in [0.05, 0.1) is 6.54 Å². The molecule has 0 aromatic heterocycles. The Morgan fingerprint density at radius 2 is 2.09 bits per heavy atom. The Hall–Kier alpha value is -1.76. The van der Waals surface area contributed by atoms with Crippen LogP contribution in [0.4, 0.5) is 18.9 Å². The first-order chi connectivity index (χ1) is 10.9. The third-order valence-electron chi connectivity index (χ3n) is 4.68. The fourth-order valence-electron chi connectivity index (χ4n) is 3.77. The number of hydrogen-bond donors (Lipinski definition) is 1. The fraction of sp³-hybridized carbons (Fsp3) is 0.562. The van der Waals surface area contributed by atoms with E-state index in [4.69, 9.17) is 5.73 Å². The Bertz CT molecular complexity index is 591. The number of nitrogens with zero attached hydrogens (tertiary/aromatic N) is 1. The van der Waals surface area contributed by atoms with Gasteiger partial charge in [0, 0.05) is 12.2 Å². The van der Waals surface area contributed by atoms with Crippen LogP contribution in [0.15, 0.2) is 24.3 Å². The van der Waals surface area contributed by atoms with Crippen molar-refractivity contribution in [3.05, 3.63) is 29.8 Å². The number of halogens is 3. The van der Waals surface area contributed by atoms with Crippen LogP contribution < -0.4 is 10.6 Å². The van der Waals surface area contributed by atoms with Gasteiger partial charge in [-0.3, -0.25) is 5.73 Å². The average molecular weight is 328 g/mol. The smallest absolute Gasteiger partial charge is 0.438 e. The van der Waals surface area contributed by atoms with Crippen LogP contribution in [0.5, 0.6) is 0 Å². The molecule has 1 aromatic carbocycles. The minimum Gasteiger partial charge on any atom is -0.438 e. The summed E-state index contributed by atoms with van der Waals surface area (Å²) in [5.74, 6) is -1.25. The first-order valence-electron chi connectivity index (χ1n) is 7.73. The van der Waals surface area contributed by atoms with Crippen LogP contribution >= 0.6 is 0 Å². The summed E-state index contributed by atoms with van der Waals surface area (Å²) < 4.78 is 41.1. The summed E-state index contributed by atoms with van der Waals surface area (Å²) in [6, 6.07) is 7.88. The molecule has 2 aliphatic rings. The number of benzene rings is 1. The first kappa shape index (κ1) is 16.1. The van der Waals surface area contributed by atoms with Gasteiger partial charge in [-0.1, -0.05) is 24.6 Å². The van der Waals surface area contributed by atoms with Crippen LogP contribution in [-0.2, 0) is 9.53 Å². The summed E-state index contributed by atoms with van der Waals surface area (Å²) in [5, 5.41) is 0. The third-order valence-corrected chi connectivity index (χ3v) is 4.68. The molecule has 1 saturated carbocycles. The van der Waals surface area contributed by atoms with Gasteiger partial charge in [0.1, 0.15) is 0 Å². The summed E-state index contributed by atoms with van der Waals surface area (Å²) in [4.78, 5) is 12.8. The summed E-state index contributed by atoms with van der Waals surface area (Å²) in [6.07, 6.45) is -2.92. The maximum atomic E-state index is 12.3. The van der Waals surface area contributed by atoms with Crippen molar-refractivity contribution in [2.24, 2.45) is 11.7 Å². The second-order valence-corrected chi connectivity index (χ2v) is 6.20. The van der Waals surface area contributed by atoms with Crippen LogP contribution in [0, 0.1) is 5.92 Å². The van der Waals surface area contributed by atoms with Crippen molar-refractivity contribution in [2.45, 2.75) is 37.6 Å². The predicted molar refractivity (Wildman–Crippen MR) is 78.9 cm³/mol. The Morgan fingerprint density at radius 3 is 2.83 bits per heavy atom. The molecule has 4 nitrogen and oxygen atoms in total. The summed E-state index contributed by atoms with van der Waals surface area (Å²) in [5.41, 5.74) is 7.81. The van der Waals surface area contributed by atoms with E-state index < -0.39 is 18.4 Å². The highest BCUT2D eigenvalue weighted by molar-refractivity contribution is 5.75. The standard InChI is InChI=1S/C16H19F3N2O2/c17-16(18,19)15(22)23-14(20)9-21-8-10-4-3-6-11(10)12-5-1-2-7-13(12)21/h1-2,5,7,10-11,14H,3-4,6,8-9,20H2. The number of carbonyl (C=O) groups is 1. The van der Waals surface area contributed by atoms with Gasteiger partial charge in [-0.15, -0.1) is 0 Å². The number of esters is 1. The molecule has 1 heterocycles. The average Bonchev–Trinajstić information content (AvgIpc) is 2.94. The zero-order chi connectivity index (χ0) is 16.6. The number of carbonyl (C=O) groups excluding carboxylic acids is 1. The number of nitrogens with two attached hydrogens (primary N) is 1. The molecule has 0 bridgehead atoms. The van der Waals surface area contributed by atoms with Gasteiger partial charge in [0.2, 0.25) is 0 Å². The fourth-order valence-corrected chi connectivity index (χ4v) is 3.77. The second-order valence-electron chi connectivity index (χ2n) is 6.20. The first-order valence-corrected chi connectivity index (χ1v) is 7.73. The zero-order valence-corrected chi connectivity index (χ0v) is 12.6. The molecule has 1 fully saturated rings. The molecule has 23 heavy (non-hydrogen) atoms. The lowest BCUT2D eigenvalue weighted by molar-refractivity contribution is -0.204. The van der Waals surface area contributed by atoms with Gasteiger partial charge in [-0.25, -0.2) is 4.79 Å². The third kappa shape index (κ3) is 3.29. The SMILES string of the molecule is NC(CN1CC2CCCC2c2ccccc21)OC(=O)C(F)(F)F. The Balaban J connectivity index is 1.73. The Kier molecular flexibility index (Phi) is 4.23. The van der Waals surface area contributed by atoms with Gasteiger partial charge in [-0.2, -0.15) is 13.2 Å². The molecule has 0 radical (unpaired) electrons. The van der Waals surface area contributed by atoms with Crippen LogP contribution in [0.1, 0.15) is 30.7 Å². The lowest BCUT2D eigenvalue weighted by Crippen LogP contribution is -2.46. The van der Waals surface area contributed by atoms with Gasteiger partial charge in [0.15, 0.2) is 6.23 Å². The van der Waals surface area contributed by atoms with E-state index in [1.54, 1.807) is 0 Å². The highest BCUT2D eigenvalue weighted by Crippen LogP contribution is 2.47. The summed E-state index contributed by atoms with van der Waals surface area (Å²) >= 11 is 0. The van der Waals surface area contributed by atoms with E-state index in [1.807, 2.05) is 23.1 Å². The molecule has 0 saturated heterocycles. The normalized spacial score (nSPS) is 24.8. The maximum absolute atomic E-state index is 12.3. The van der Waals surface area contributed by atoms with Crippen LogP contribution in [0.3, 0.4) is 0 Å². The quantitative estimate of drug-likeness (QED) is 0.685. The second kappa shape index (κ2) is 6.03. The predicted octanol–water partition coefficient (Wildman–Crippen LogP) is 2.78. The maximum Gasteiger partial charge on any atom is 0.490 e. The van der Waals surface area contributed by atoms with E-state index in [1.165, 1.54) is 5.56 Å². The lowest BCUT2D eigenvalue weighted by Gasteiger charge is -2.39. The number of rotatable bonds is 3. The van der Waals surface area contributed by atoms with Crippen molar-refractivity contribution >= 4 is 11.7 Å². The zero-order valence-electron chi connectivity index (χ0n) is 12.6. The van der Waals surface area contributed by atoms with Crippen molar-refractivity contribution in [1.82, 2.24) is 0 Å². The number of para-hydroxylation sites is 1. The molecule has 0 spiro atoms. The molecule has 1 aliphatic carbocycles. The van der Waals surface area contributed by atoms with Crippen molar-refractivity contribution in [1.29, 1.82) is 0 Å². The van der Waals surface area contributed by atoms with E-state index in [-0.39, 0.29) is 6.54 Å². The van der Waals surface area contributed by atoms with E-state index in [2.05, 4.69) is 10.8 Å². The van der Waals surface area contributed by atoms with Crippen molar-refractivity contribution < 1.29 is 22.7 Å². The van der Waals surface area contributed by atoms with Crippen molar-refractivity contribution in [2.75, 3.05) is 18.0 Å². The van der Waals surface area contributed by atoms with E-state index in [0.29, 0.717) is 11.8 Å². The number of ether oxygens (including phenoxy) is 1. The van der Waals surface area contributed by atoms with Crippen LogP contribution in [0.2, 0.25) is 0 Å². The van der Waals surface area contributed by atoms with Gasteiger partial charge < -0.3 is 9.64 Å². The molecular weight excluding hydrogens is 309 g/mol. The molecule has 2 N–H and O–H groups in total. The minimum absolute atomic E-state index is 0.0576. The van der Waals surface area contributed by atoms with Gasteiger partial charge in [0.25, 0.3) is 0 Å². The minimum atomic E-state index is -5.02. The molecule has 0 amide bonds. The Morgan fingerprint density at radius 1 is 1.35 bits per heavy atom. The van der Waals surface area contributed by atoms with Crippen LogP contribution in [0.25, 0.3) is 0 Å². The van der Waals surface area contributed by atoms with Gasteiger partial charge in [-0.05, 0) is 36.3 Å². The van der Waals surface area contributed by atoms with Gasteiger partial charge >= 0.3 is 12.1 Å². The highest BCUT2D eigenvalue weighted by atomic mass is 19.4. The molecule has 126 valence electrons. The van der Waals surface area contributed by atoms with E-state index in [9.17, 15) is 18.0 Å². The molecule has 3 unspecified atom stereocenters. The molecule has 3 atom stereocenters. The molecule has 1 aromatic rings. The van der Waals surface area contributed by atoms with E-state index >= 15 is 0 Å². The summed E-state index contributed by atoms with van der Waals surface area (Å²) in [7, 11) is 0. The monoisotopic (exact) mass is 328 g/mol. The number of fused-ring (bicyclic) bond motifs is 3. The number of alkyl halides is 3. The highest BCUT2D eigenvalue weighted by Gasteiger charge is 2.42. The Labute approximate surface area is 132 Å². The molecular formula is C16H19F3N2O2.